The van der Waals surface area contributed by atoms with E-state index in [9.17, 15) is 4.79 Å². The summed E-state index contributed by atoms with van der Waals surface area (Å²) in [4.78, 5) is 14.5. The predicted octanol–water partition coefficient (Wildman–Crippen LogP) is 3.33. The van der Waals surface area contributed by atoms with Crippen molar-refractivity contribution in [3.63, 3.8) is 0 Å². The van der Waals surface area contributed by atoms with E-state index < -0.39 is 0 Å². The second-order valence-corrected chi connectivity index (χ2v) is 6.60. The van der Waals surface area contributed by atoms with Crippen LogP contribution in [0.5, 0.6) is 5.75 Å². The largest absolute Gasteiger partial charge is 0.497 e. The monoisotopic (exact) mass is 424 g/mol. The van der Waals surface area contributed by atoms with Gasteiger partial charge >= 0.3 is 0 Å². The van der Waals surface area contributed by atoms with Gasteiger partial charge < -0.3 is 15.0 Å². The summed E-state index contributed by atoms with van der Waals surface area (Å²) in [7, 11) is 5.67. The molecule has 4 nitrogen and oxygen atoms in total. The summed E-state index contributed by atoms with van der Waals surface area (Å²) >= 11 is 2.18. The van der Waals surface area contributed by atoms with Crippen molar-refractivity contribution in [3.8, 4) is 5.75 Å². The molecule has 0 spiro atoms. The lowest BCUT2D eigenvalue weighted by molar-refractivity contribution is 0.0941. The topological polar surface area (TPSA) is 41.6 Å². The van der Waals surface area contributed by atoms with Gasteiger partial charge in [0.15, 0.2) is 0 Å². The summed E-state index contributed by atoms with van der Waals surface area (Å²) in [6.07, 6.45) is 0. The van der Waals surface area contributed by atoms with Crippen LogP contribution in [0.2, 0.25) is 0 Å². The van der Waals surface area contributed by atoms with Crippen LogP contribution >= 0.6 is 22.6 Å². The molecule has 2 aromatic rings. The van der Waals surface area contributed by atoms with Crippen LogP contribution in [-0.4, -0.2) is 38.6 Å². The first kappa shape index (κ1) is 17.7. The fraction of sp³-hybridized carbons (Fsp3) is 0.278. The van der Waals surface area contributed by atoms with Crippen molar-refractivity contribution in [1.29, 1.82) is 0 Å². The van der Waals surface area contributed by atoms with Crippen molar-refractivity contribution in [3.05, 3.63) is 63.2 Å². The van der Waals surface area contributed by atoms with E-state index in [2.05, 4.69) is 32.8 Å². The number of ether oxygens (including phenoxy) is 1. The predicted molar refractivity (Wildman–Crippen MR) is 101 cm³/mol. The first-order chi connectivity index (χ1) is 11.0. The summed E-state index contributed by atoms with van der Waals surface area (Å²) in [5.41, 5.74) is 1.85. The second-order valence-electron chi connectivity index (χ2n) is 5.44. The third-order valence-corrected chi connectivity index (χ3v) is 4.64. The summed E-state index contributed by atoms with van der Waals surface area (Å²) in [6, 6.07) is 15.6. The van der Waals surface area contributed by atoms with E-state index in [0.717, 1.165) is 14.9 Å². The highest BCUT2D eigenvalue weighted by molar-refractivity contribution is 14.1. The van der Waals surface area contributed by atoms with Crippen molar-refractivity contribution >= 4 is 28.5 Å². The van der Waals surface area contributed by atoms with Gasteiger partial charge in [0.1, 0.15) is 5.75 Å². The molecule has 23 heavy (non-hydrogen) atoms. The maximum absolute atomic E-state index is 12.4. The normalized spacial score (nSPS) is 12.0. The number of carbonyl (C=O) groups excluding carboxylic acids is 1. The van der Waals surface area contributed by atoms with Crippen LogP contribution in [0.4, 0.5) is 0 Å². The first-order valence-electron chi connectivity index (χ1n) is 7.36. The third kappa shape index (κ3) is 4.68. The summed E-state index contributed by atoms with van der Waals surface area (Å²) in [5.74, 6) is 0.782. The van der Waals surface area contributed by atoms with E-state index in [0.29, 0.717) is 12.1 Å². The number of nitrogens with one attached hydrogen (secondary N) is 1. The SMILES string of the molecule is COc1ccc([C@H](CNC(=O)c2ccccc2I)N(C)C)cc1. The fourth-order valence-electron chi connectivity index (χ4n) is 2.35. The number of rotatable bonds is 6. The molecular weight excluding hydrogens is 403 g/mol. The Hall–Kier alpha value is -1.60. The van der Waals surface area contributed by atoms with Crippen LogP contribution in [0.1, 0.15) is 22.0 Å². The highest BCUT2D eigenvalue weighted by Crippen LogP contribution is 2.21. The number of nitrogens with zero attached hydrogens (tertiary/aromatic N) is 1. The number of likely N-dealkylation sites (N-methyl/N-ethyl adjacent to an activating group) is 1. The Balaban J connectivity index is 2.08. The maximum atomic E-state index is 12.4. The number of hydrogen-bond acceptors (Lipinski definition) is 3. The molecule has 0 heterocycles. The minimum atomic E-state index is -0.0460. The molecule has 1 amide bonds. The van der Waals surface area contributed by atoms with Crippen molar-refractivity contribution in [2.24, 2.45) is 0 Å². The van der Waals surface area contributed by atoms with Gasteiger partial charge in [-0.3, -0.25) is 4.79 Å². The third-order valence-electron chi connectivity index (χ3n) is 3.70. The summed E-state index contributed by atoms with van der Waals surface area (Å²) in [5, 5.41) is 3.03. The zero-order valence-electron chi connectivity index (χ0n) is 13.5. The molecule has 0 saturated carbocycles. The van der Waals surface area contributed by atoms with E-state index in [1.807, 2.05) is 62.6 Å². The number of methoxy groups -OCH3 is 1. The van der Waals surface area contributed by atoms with Crippen LogP contribution in [-0.2, 0) is 0 Å². The molecule has 1 atom stereocenters. The molecule has 0 aliphatic heterocycles. The lowest BCUT2D eigenvalue weighted by atomic mass is 10.1. The Morgan fingerprint density at radius 1 is 1.17 bits per heavy atom. The molecule has 1 N–H and O–H groups in total. The van der Waals surface area contributed by atoms with Crippen LogP contribution in [0.15, 0.2) is 48.5 Å². The Morgan fingerprint density at radius 2 is 1.83 bits per heavy atom. The van der Waals surface area contributed by atoms with E-state index in [4.69, 9.17) is 4.74 Å². The molecule has 0 fully saturated rings. The molecule has 2 rings (SSSR count). The molecule has 0 aromatic heterocycles. The molecular formula is C18H21IN2O2. The van der Waals surface area contributed by atoms with E-state index >= 15 is 0 Å². The minimum absolute atomic E-state index is 0.0460. The zero-order chi connectivity index (χ0) is 16.8. The van der Waals surface area contributed by atoms with Gasteiger partial charge in [-0.2, -0.15) is 0 Å². The van der Waals surface area contributed by atoms with Gasteiger partial charge in [0.2, 0.25) is 0 Å². The van der Waals surface area contributed by atoms with Crippen LogP contribution in [0, 0.1) is 3.57 Å². The van der Waals surface area contributed by atoms with Crippen LogP contribution in [0.25, 0.3) is 0 Å². The number of carbonyl (C=O) groups is 1. The molecule has 0 aliphatic rings. The average Bonchev–Trinajstić information content (AvgIpc) is 2.55. The minimum Gasteiger partial charge on any atom is -0.497 e. The highest BCUT2D eigenvalue weighted by atomic mass is 127. The molecule has 2 aromatic carbocycles. The number of amides is 1. The number of hydrogen-bond donors (Lipinski definition) is 1. The van der Waals surface area contributed by atoms with Crippen LogP contribution in [0.3, 0.4) is 0 Å². The highest BCUT2D eigenvalue weighted by Gasteiger charge is 2.16. The van der Waals surface area contributed by atoms with E-state index in [1.54, 1.807) is 7.11 Å². The lowest BCUT2D eigenvalue weighted by Gasteiger charge is -2.25. The van der Waals surface area contributed by atoms with Crippen molar-refractivity contribution in [2.45, 2.75) is 6.04 Å². The van der Waals surface area contributed by atoms with Gasteiger partial charge in [-0.25, -0.2) is 0 Å². The fourth-order valence-corrected chi connectivity index (χ4v) is 2.99. The molecule has 0 saturated heterocycles. The molecule has 0 radical (unpaired) electrons. The van der Waals surface area contributed by atoms with E-state index in [-0.39, 0.29) is 11.9 Å². The Morgan fingerprint density at radius 3 is 2.39 bits per heavy atom. The number of halogens is 1. The molecule has 122 valence electrons. The smallest absolute Gasteiger partial charge is 0.252 e. The van der Waals surface area contributed by atoms with Gasteiger partial charge in [-0.15, -0.1) is 0 Å². The van der Waals surface area contributed by atoms with Crippen molar-refractivity contribution in [1.82, 2.24) is 10.2 Å². The number of benzene rings is 2. The van der Waals surface area contributed by atoms with Gasteiger partial charge in [0, 0.05) is 10.1 Å². The maximum Gasteiger partial charge on any atom is 0.252 e. The van der Waals surface area contributed by atoms with E-state index in [1.165, 1.54) is 0 Å². The van der Waals surface area contributed by atoms with Crippen molar-refractivity contribution < 1.29 is 9.53 Å². The second kappa shape index (κ2) is 8.31. The molecule has 0 bridgehead atoms. The lowest BCUT2D eigenvalue weighted by Crippen LogP contribution is -2.34. The van der Waals surface area contributed by atoms with Crippen molar-refractivity contribution in [2.75, 3.05) is 27.7 Å². The Bertz CT molecular complexity index is 656. The van der Waals surface area contributed by atoms with Crippen LogP contribution < -0.4 is 10.1 Å². The molecule has 0 unspecified atom stereocenters. The zero-order valence-corrected chi connectivity index (χ0v) is 15.7. The van der Waals surface area contributed by atoms with Gasteiger partial charge in [0.25, 0.3) is 5.91 Å². The summed E-state index contributed by atoms with van der Waals surface area (Å²) < 4.78 is 6.15. The summed E-state index contributed by atoms with van der Waals surface area (Å²) in [6.45, 7) is 0.545. The van der Waals surface area contributed by atoms with Gasteiger partial charge in [0.05, 0.1) is 18.7 Å². The Kier molecular flexibility index (Phi) is 6.41. The Labute approximate surface area is 151 Å². The standard InChI is InChI=1S/C18H21IN2O2/c1-21(2)17(13-8-10-14(23-3)11-9-13)12-20-18(22)15-6-4-5-7-16(15)19/h4-11,17H,12H2,1-3H3,(H,20,22)/t17-/m0/s1. The van der Waals surface area contributed by atoms with Gasteiger partial charge in [-0.1, -0.05) is 24.3 Å². The quantitative estimate of drug-likeness (QED) is 0.724. The molecule has 5 heteroatoms. The first-order valence-corrected chi connectivity index (χ1v) is 8.44. The molecule has 0 aliphatic carbocycles. The van der Waals surface area contributed by atoms with Gasteiger partial charge in [-0.05, 0) is 66.5 Å². The average molecular weight is 424 g/mol.